The Labute approximate surface area is 127 Å². The second-order valence-corrected chi connectivity index (χ2v) is 6.17. The van der Waals surface area contributed by atoms with Gasteiger partial charge in [-0.1, -0.05) is 26.0 Å². The summed E-state index contributed by atoms with van der Waals surface area (Å²) in [5.41, 5.74) is 6.69. The number of carbonyl (C=O) groups is 1. The maximum Gasteiger partial charge on any atom is 0.223 e. The number of hydrogen-bond donors (Lipinski definition) is 1. The quantitative estimate of drug-likeness (QED) is 0.838. The van der Waals surface area contributed by atoms with Crippen molar-refractivity contribution in [3.8, 4) is 0 Å². The minimum Gasteiger partial charge on any atom is -0.339 e. The molecule has 0 aliphatic heterocycles. The lowest BCUT2D eigenvalue weighted by atomic mass is 9.93. The van der Waals surface area contributed by atoms with Gasteiger partial charge in [0, 0.05) is 13.5 Å². The van der Waals surface area contributed by atoms with Crippen LogP contribution in [0.15, 0.2) is 24.3 Å². The van der Waals surface area contributed by atoms with Gasteiger partial charge in [0.1, 0.15) is 5.82 Å². The van der Waals surface area contributed by atoms with E-state index in [0.29, 0.717) is 18.9 Å². The molecule has 0 saturated carbocycles. The number of hydrogen-bond acceptors (Lipinski definition) is 2. The molecule has 4 heteroatoms. The fourth-order valence-corrected chi connectivity index (χ4v) is 2.50. The number of carbonyl (C=O) groups excluding carboxylic acids is 1. The van der Waals surface area contributed by atoms with Crippen LogP contribution in [0.1, 0.15) is 45.2 Å². The third-order valence-electron chi connectivity index (χ3n) is 3.93. The molecule has 118 valence electrons. The van der Waals surface area contributed by atoms with E-state index in [2.05, 4.69) is 13.8 Å². The number of halogens is 1. The Balaban J connectivity index is 2.66. The predicted octanol–water partition coefficient (Wildman–Crippen LogP) is 3.36. The number of nitrogens with zero attached hydrogens (tertiary/aromatic N) is 1. The van der Waals surface area contributed by atoms with Gasteiger partial charge >= 0.3 is 0 Å². The number of amides is 1. The maximum absolute atomic E-state index is 13.0. The molecule has 2 N–H and O–H groups in total. The molecular formula is C17H27FN2O. The Morgan fingerprint density at radius 2 is 1.81 bits per heavy atom. The zero-order valence-electron chi connectivity index (χ0n) is 13.5. The Morgan fingerprint density at radius 3 is 2.29 bits per heavy atom. The average Bonchev–Trinajstić information content (AvgIpc) is 2.45. The SMILES string of the molecule is CC(C)CC(CN)CC(=O)N(C)C(C)c1ccc(F)cc1. The molecule has 1 aromatic carbocycles. The Bertz CT molecular complexity index is 445. The molecule has 0 aliphatic carbocycles. The minimum absolute atomic E-state index is 0.0735. The molecule has 0 fully saturated rings. The first-order valence-corrected chi connectivity index (χ1v) is 7.56. The van der Waals surface area contributed by atoms with Crippen LogP contribution in [0.5, 0.6) is 0 Å². The molecule has 0 saturated heterocycles. The van der Waals surface area contributed by atoms with Gasteiger partial charge in [0.25, 0.3) is 0 Å². The Morgan fingerprint density at radius 1 is 1.24 bits per heavy atom. The van der Waals surface area contributed by atoms with Gasteiger partial charge in [-0.2, -0.15) is 0 Å². The van der Waals surface area contributed by atoms with E-state index in [9.17, 15) is 9.18 Å². The van der Waals surface area contributed by atoms with Crippen molar-refractivity contribution < 1.29 is 9.18 Å². The first kappa shape index (κ1) is 17.6. The average molecular weight is 294 g/mol. The fourth-order valence-electron chi connectivity index (χ4n) is 2.50. The van der Waals surface area contributed by atoms with Gasteiger partial charge in [0.05, 0.1) is 6.04 Å². The van der Waals surface area contributed by atoms with E-state index in [1.54, 1.807) is 24.1 Å². The van der Waals surface area contributed by atoms with Crippen LogP contribution in [0.4, 0.5) is 4.39 Å². The third-order valence-corrected chi connectivity index (χ3v) is 3.93. The van der Waals surface area contributed by atoms with Crippen LogP contribution in [0.25, 0.3) is 0 Å². The lowest BCUT2D eigenvalue weighted by Crippen LogP contribution is -2.32. The highest BCUT2D eigenvalue weighted by molar-refractivity contribution is 5.76. The van der Waals surface area contributed by atoms with Crippen LogP contribution >= 0.6 is 0 Å². The number of benzene rings is 1. The van der Waals surface area contributed by atoms with E-state index in [-0.39, 0.29) is 23.7 Å². The maximum atomic E-state index is 13.0. The summed E-state index contributed by atoms with van der Waals surface area (Å²) in [4.78, 5) is 14.1. The van der Waals surface area contributed by atoms with E-state index in [1.807, 2.05) is 6.92 Å². The normalized spacial score (nSPS) is 14.0. The van der Waals surface area contributed by atoms with Gasteiger partial charge in [-0.15, -0.1) is 0 Å². The Kier molecular flexibility index (Phi) is 6.82. The van der Waals surface area contributed by atoms with Crippen LogP contribution in [-0.4, -0.2) is 24.4 Å². The predicted molar refractivity (Wildman–Crippen MR) is 84.2 cm³/mol. The van der Waals surface area contributed by atoms with Gasteiger partial charge in [-0.05, 0) is 49.4 Å². The van der Waals surface area contributed by atoms with E-state index < -0.39 is 0 Å². The summed E-state index contributed by atoms with van der Waals surface area (Å²) >= 11 is 0. The van der Waals surface area contributed by atoms with Crippen LogP contribution in [0.2, 0.25) is 0 Å². The first-order chi connectivity index (χ1) is 9.85. The van der Waals surface area contributed by atoms with Crippen molar-refractivity contribution in [2.45, 2.75) is 39.7 Å². The second-order valence-electron chi connectivity index (χ2n) is 6.17. The largest absolute Gasteiger partial charge is 0.339 e. The summed E-state index contributed by atoms with van der Waals surface area (Å²) in [6.45, 7) is 6.75. The third kappa shape index (κ3) is 5.46. The topological polar surface area (TPSA) is 46.3 Å². The van der Waals surface area contributed by atoms with E-state index in [0.717, 1.165) is 12.0 Å². The minimum atomic E-state index is -0.264. The molecule has 2 atom stereocenters. The molecule has 0 heterocycles. The van der Waals surface area contributed by atoms with Crippen LogP contribution in [0, 0.1) is 17.7 Å². The molecule has 0 radical (unpaired) electrons. The smallest absolute Gasteiger partial charge is 0.223 e. The van der Waals surface area contributed by atoms with Crippen molar-refractivity contribution in [1.82, 2.24) is 4.90 Å². The van der Waals surface area contributed by atoms with Gasteiger partial charge in [-0.3, -0.25) is 4.79 Å². The summed E-state index contributed by atoms with van der Waals surface area (Å²) in [6.07, 6.45) is 1.43. The van der Waals surface area contributed by atoms with Crippen LogP contribution < -0.4 is 5.73 Å². The zero-order chi connectivity index (χ0) is 16.0. The molecule has 0 aromatic heterocycles. The molecule has 0 bridgehead atoms. The van der Waals surface area contributed by atoms with Gasteiger partial charge in [0.15, 0.2) is 0 Å². The molecule has 1 amide bonds. The summed E-state index contributed by atoms with van der Waals surface area (Å²) in [6, 6.07) is 6.21. The first-order valence-electron chi connectivity index (χ1n) is 7.56. The van der Waals surface area contributed by atoms with E-state index in [4.69, 9.17) is 5.73 Å². The number of rotatable bonds is 7. The second kappa shape index (κ2) is 8.13. The zero-order valence-corrected chi connectivity index (χ0v) is 13.5. The van der Waals surface area contributed by atoms with Crippen molar-refractivity contribution in [1.29, 1.82) is 0 Å². The van der Waals surface area contributed by atoms with Crippen molar-refractivity contribution in [3.05, 3.63) is 35.6 Å². The van der Waals surface area contributed by atoms with E-state index >= 15 is 0 Å². The summed E-state index contributed by atoms with van der Waals surface area (Å²) in [5, 5.41) is 0. The van der Waals surface area contributed by atoms with Gasteiger partial charge in [-0.25, -0.2) is 4.39 Å². The fraction of sp³-hybridized carbons (Fsp3) is 0.588. The van der Waals surface area contributed by atoms with E-state index in [1.165, 1.54) is 12.1 Å². The van der Waals surface area contributed by atoms with Crippen molar-refractivity contribution in [2.24, 2.45) is 17.6 Å². The molecule has 1 rings (SSSR count). The molecule has 3 nitrogen and oxygen atoms in total. The van der Waals surface area contributed by atoms with Crippen LogP contribution in [-0.2, 0) is 4.79 Å². The lowest BCUT2D eigenvalue weighted by molar-refractivity contribution is -0.132. The summed E-state index contributed by atoms with van der Waals surface area (Å²) in [5.74, 6) is 0.578. The highest BCUT2D eigenvalue weighted by Gasteiger charge is 2.21. The monoisotopic (exact) mass is 294 g/mol. The molecule has 0 aliphatic rings. The van der Waals surface area contributed by atoms with Gasteiger partial charge < -0.3 is 10.6 Å². The standard InChI is InChI=1S/C17H27FN2O/c1-12(2)9-14(11-19)10-17(21)20(4)13(3)15-5-7-16(18)8-6-15/h5-8,12-14H,9-11,19H2,1-4H3. The van der Waals surface area contributed by atoms with Crippen molar-refractivity contribution in [3.63, 3.8) is 0 Å². The van der Waals surface area contributed by atoms with Gasteiger partial charge in [0.2, 0.25) is 5.91 Å². The summed E-state index contributed by atoms with van der Waals surface area (Å²) in [7, 11) is 1.79. The molecule has 2 unspecified atom stereocenters. The number of nitrogens with two attached hydrogens (primary N) is 1. The molecule has 1 aromatic rings. The lowest BCUT2D eigenvalue weighted by Gasteiger charge is -2.27. The molecular weight excluding hydrogens is 267 g/mol. The highest BCUT2D eigenvalue weighted by Crippen LogP contribution is 2.22. The molecule has 21 heavy (non-hydrogen) atoms. The highest BCUT2D eigenvalue weighted by atomic mass is 19.1. The molecule has 0 spiro atoms. The summed E-state index contributed by atoms with van der Waals surface area (Å²) < 4.78 is 13.0. The van der Waals surface area contributed by atoms with Crippen molar-refractivity contribution in [2.75, 3.05) is 13.6 Å². The van der Waals surface area contributed by atoms with Crippen molar-refractivity contribution >= 4 is 5.91 Å². The Hall–Kier alpha value is -1.42. The van der Waals surface area contributed by atoms with Crippen LogP contribution in [0.3, 0.4) is 0 Å².